The van der Waals surface area contributed by atoms with Crippen molar-refractivity contribution in [2.24, 2.45) is 5.92 Å². The van der Waals surface area contributed by atoms with E-state index in [0.29, 0.717) is 12.6 Å². The van der Waals surface area contributed by atoms with Gasteiger partial charge < -0.3 is 19.7 Å². The highest BCUT2D eigenvalue weighted by Gasteiger charge is 2.31. The van der Waals surface area contributed by atoms with E-state index in [1.54, 1.807) is 24.3 Å². The molecule has 5 nitrogen and oxygen atoms in total. The quantitative estimate of drug-likeness (QED) is 0.392. The standard InChI is InChI=1S/C31H35NO4/c1-4-27-28-17-25(34)10-13-29(28)36-31(30(27)23-6-5-7-24(33)16-23)22-8-11-26(12-9-22)35-19-21(3)32-15-14-20(2)18-32/h5-13,16-17,20-21,31,33-34H,4,14-15,18-19H2,1-3H3/t20-,21+,31?/m1/s1. The molecule has 2 aliphatic rings. The van der Waals surface area contributed by atoms with Crippen molar-refractivity contribution in [2.45, 2.75) is 45.8 Å². The Hall–Kier alpha value is -3.44. The number of ether oxygens (including phenoxy) is 2. The van der Waals surface area contributed by atoms with Gasteiger partial charge in [0.15, 0.2) is 0 Å². The highest BCUT2D eigenvalue weighted by atomic mass is 16.5. The van der Waals surface area contributed by atoms with Crippen molar-refractivity contribution in [3.8, 4) is 23.0 Å². The number of rotatable bonds is 7. The van der Waals surface area contributed by atoms with E-state index in [0.717, 1.165) is 64.8 Å². The zero-order valence-corrected chi connectivity index (χ0v) is 21.3. The zero-order valence-electron chi connectivity index (χ0n) is 21.3. The Kier molecular flexibility index (Phi) is 6.92. The van der Waals surface area contributed by atoms with E-state index in [1.807, 2.05) is 30.3 Å². The molecule has 3 atom stereocenters. The average Bonchev–Trinajstić information content (AvgIpc) is 3.33. The maximum atomic E-state index is 10.2. The minimum absolute atomic E-state index is 0.205. The third-order valence-corrected chi connectivity index (χ3v) is 7.38. The molecule has 0 aliphatic carbocycles. The van der Waals surface area contributed by atoms with Crippen LogP contribution in [0.2, 0.25) is 0 Å². The lowest BCUT2D eigenvalue weighted by molar-refractivity contribution is 0.169. The van der Waals surface area contributed by atoms with Crippen LogP contribution in [0, 0.1) is 5.92 Å². The van der Waals surface area contributed by atoms with Crippen molar-refractivity contribution < 1.29 is 19.7 Å². The summed E-state index contributed by atoms with van der Waals surface area (Å²) in [6.45, 7) is 9.60. The first kappa shape index (κ1) is 24.3. The largest absolute Gasteiger partial charge is 0.508 e. The second-order valence-corrected chi connectivity index (χ2v) is 10.1. The summed E-state index contributed by atoms with van der Waals surface area (Å²) in [6.07, 6.45) is 1.67. The van der Waals surface area contributed by atoms with Gasteiger partial charge in [-0.15, -0.1) is 0 Å². The third kappa shape index (κ3) is 4.93. The van der Waals surface area contributed by atoms with Crippen molar-refractivity contribution in [3.05, 3.63) is 83.4 Å². The fraction of sp³-hybridized carbons (Fsp3) is 0.355. The Balaban J connectivity index is 1.43. The highest BCUT2D eigenvalue weighted by molar-refractivity contribution is 5.96. The number of likely N-dealkylation sites (tertiary alicyclic amines) is 1. The Morgan fingerprint density at radius 2 is 1.81 bits per heavy atom. The van der Waals surface area contributed by atoms with Crippen LogP contribution in [0.25, 0.3) is 11.1 Å². The van der Waals surface area contributed by atoms with Crippen LogP contribution in [0.1, 0.15) is 56.4 Å². The Morgan fingerprint density at radius 3 is 2.50 bits per heavy atom. The minimum Gasteiger partial charge on any atom is -0.508 e. The Bertz CT molecular complexity index is 1250. The molecule has 5 heteroatoms. The van der Waals surface area contributed by atoms with E-state index in [1.165, 1.54) is 6.42 Å². The number of fused-ring (bicyclic) bond motifs is 1. The smallest absolute Gasteiger partial charge is 0.150 e. The van der Waals surface area contributed by atoms with Gasteiger partial charge in [-0.2, -0.15) is 0 Å². The van der Waals surface area contributed by atoms with Crippen molar-refractivity contribution >= 4 is 11.1 Å². The lowest BCUT2D eigenvalue weighted by Gasteiger charge is -2.32. The van der Waals surface area contributed by atoms with Gasteiger partial charge in [0.1, 0.15) is 35.7 Å². The number of phenols is 2. The molecule has 1 unspecified atom stereocenters. The summed E-state index contributed by atoms with van der Waals surface area (Å²) >= 11 is 0. The molecule has 0 spiro atoms. The summed E-state index contributed by atoms with van der Waals surface area (Å²) in [5.74, 6) is 2.76. The second kappa shape index (κ2) is 10.3. The second-order valence-electron chi connectivity index (χ2n) is 10.1. The fourth-order valence-electron chi connectivity index (χ4n) is 5.39. The van der Waals surface area contributed by atoms with Crippen LogP contribution in [0.15, 0.2) is 66.7 Å². The van der Waals surface area contributed by atoms with Crippen molar-refractivity contribution in [1.29, 1.82) is 0 Å². The molecule has 0 bridgehead atoms. The molecule has 0 radical (unpaired) electrons. The summed E-state index contributed by atoms with van der Waals surface area (Å²) in [7, 11) is 0. The van der Waals surface area contributed by atoms with Gasteiger partial charge in [0, 0.05) is 23.7 Å². The molecule has 36 heavy (non-hydrogen) atoms. The van der Waals surface area contributed by atoms with Gasteiger partial charge in [0.2, 0.25) is 0 Å². The van der Waals surface area contributed by atoms with Crippen molar-refractivity contribution in [2.75, 3.05) is 19.7 Å². The van der Waals surface area contributed by atoms with Crippen LogP contribution in [0.4, 0.5) is 0 Å². The molecular weight excluding hydrogens is 450 g/mol. The van der Waals surface area contributed by atoms with E-state index >= 15 is 0 Å². The Labute approximate surface area is 213 Å². The molecule has 0 amide bonds. The van der Waals surface area contributed by atoms with E-state index < -0.39 is 0 Å². The molecule has 188 valence electrons. The lowest BCUT2D eigenvalue weighted by atomic mass is 9.84. The summed E-state index contributed by atoms with van der Waals surface area (Å²) in [6, 6.07) is 21.0. The van der Waals surface area contributed by atoms with Gasteiger partial charge in [0.25, 0.3) is 0 Å². The average molecular weight is 486 g/mol. The predicted octanol–water partition coefficient (Wildman–Crippen LogP) is 6.66. The summed E-state index contributed by atoms with van der Waals surface area (Å²) in [5.41, 5.74) is 4.89. The molecule has 3 aromatic carbocycles. The molecule has 2 N–H and O–H groups in total. The van der Waals surface area contributed by atoms with Gasteiger partial charge in [-0.05, 0) is 91.4 Å². The Morgan fingerprint density at radius 1 is 1.03 bits per heavy atom. The summed E-state index contributed by atoms with van der Waals surface area (Å²) in [4.78, 5) is 2.50. The first-order valence-corrected chi connectivity index (χ1v) is 12.9. The summed E-state index contributed by atoms with van der Waals surface area (Å²) < 4.78 is 12.7. The van der Waals surface area contributed by atoms with Crippen molar-refractivity contribution in [3.63, 3.8) is 0 Å². The molecule has 2 heterocycles. The number of hydrogen-bond acceptors (Lipinski definition) is 5. The van der Waals surface area contributed by atoms with Gasteiger partial charge in [-0.1, -0.05) is 38.1 Å². The zero-order chi connectivity index (χ0) is 25.2. The highest BCUT2D eigenvalue weighted by Crippen LogP contribution is 2.49. The molecule has 0 aromatic heterocycles. The normalized spacial score (nSPS) is 20.6. The first-order valence-electron chi connectivity index (χ1n) is 12.9. The van der Waals surface area contributed by atoms with E-state index in [4.69, 9.17) is 9.47 Å². The van der Waals surface area contributed by atoms with Crippen LogP contribution in [-0.2, 0) is 0 Å². The molecule has 3 aromatic rings. The van der Waals surface area contributed by atoms with Crippen molar-refractivity contribution in [1.82, 2.24) is 4.90 Å². The van der Waals surface area contributed by atoms with Crippen LogP contribution >= 0.6 is 0 Å². The maximum Gasteiger partial charge on any atom is 0.150 e. The summed E-state index contributed by atoms with van der Waals surface area (Å²) in [5, 5.41) is 20.4. The van der Waals surface area contributed by atoms with E-state index in [-0.39, 0.29) is 17.6 Å². The minimum atomic E-state index is -0.349. The van der Waals surface area contributed by atoms with Crippen LogP contribution in [-0.4, -0.2) is 40.9 Å². The molecule has 2 aliphatic heterocycles. The number of allylic oxidation sites excluding steroid dienone is 1. The maximum absolute atomic E-state index is 10.2. The van der Waals surface area contributed by atoms with Gasteiger partial charge >= 0.3 is 0 Å². The number of nitrogens with zero attached hydrogens (tertiary/aromatic N) is 1. The SMILES string of the molecule is CCC1=C(c2cccc(O)c2)C(c2ccc(OC[C@H](C)N3CC[C@@H](C)C3)cc2)Oc2ccc(O)cc21. The lowest BCUT2D eigenvalue weighted by Crippen LogP contribution is -2.35. The molecule has 1 saturated heterocycles. The third-order valence-electron chi connectivity index (χ3n) is 7.38. The number of aromatic hydroxyl groups is 2. The fourth-order valence-corrected chi connectivity index (χ4v) is 5.39. The van der Waals surface area contributed by atoms with E-state index in [9.17, 15) is 10.2 Å². The number of benzene rings is 3. The van der Waals surface area contributed by atoms with Crippen LogP contribution < -0.4 is 9.47 Å². The molecule has 0 saturated carbocycles. The topological polar surface area (TPSA) is 62.2 Å². The van der Waals surface area contributed by atoms with Crippen LogP contribution in [0.3, 0.4) is 0 Å². The van der Waals surface area contributed by atoms with Gasteiger partial charge in [-0.3, -0.25) is 4.90 Å². The van der Waals surface area contributed by atoms with Crippen LogP contribution in [0.5, 0.6) is 23.0 Å². The molecule has 5 rings (SSSR count). The van der Waals surface area contributed by atoms with E-state index in [2.05, 4.69) is 37.8 Å². The van der Waals surface area contributed by atoms with Gasteiger partial charge in [-0.25, -0.2) is 0 Å². The first-order chi connectivity index (χ1) is 17.4. The molecule has 1 fully saturated rings. The predicted molar refractivity (Wildman–Crippen MR) is 143 cm³/mol. The number of hydrogen-bond donors (Lipinski definition) is 2. The monoisotopic (exact) mass is 485 g/mol. The number of phenolic OH excluding ortho intramolecular Hbond substituents is 2. The van der Waals surface area contributed by atoms with Gasteiger partial charge in [0.05, 0.1) is 0 Å². The molecular formula is C31H35NO4.